The largest absolute Gasteiger partial charge is 0.459 e. The van der Waals surface area contributed by atoms with E-state index in [2.05, 4.69) is 41.2 Å². The van der Waals surface area contributed by atoms with Crippen molar-refractivity contribution in [1.82, 2.24) is 0 Å². The maximum atomic E-state index is 15.3. The Morgan fingerprint density at radius 1 is 0.588 bits per heavy atom. The van der Waals surface area contributed by atoms with Gasteiger partial charge in [0.1, 0.15) is 97.7 Å². The molecule has 6 aliphatic carbocycles. The van der Waals surface area contributed by atoms with Crippen LogP contribution in [0.15, 0.2) is 12.2 Å². The molecule has 4 aliphatic heterocycles. The number of fused-ring (bicyclic) bond motifs is 7. The number of ether oxygens (including phenoxy) is 9. The lowest BCUT2D eigenvalue weighted by molar-refractivity contribution is -0.365. The molecule has 0 bridgehead atoms. The molecule has 0 aromatic carbocycles. The Balaban J connectivity index is 0.820. The minimum Gasteiger partial charge on any atom is -0.459 e. The van der Waals surface area contributed by atoms with Crippen molar-refractivity contribution in [3.8, 4) is 0 Å². The number of esters is 1. The summed E-state index contributed by atoms with van der Waals surface area (Å²) in [5, 5.41) is 152. The third-order valence-corrected chi connectivity index (χ3v) is 24.6. The smallest absolute Gasteiger partial charge is 0.312 e. The van der Waals surface area contributed by atoms with E-state index < -0.39 is 172 Å². The molecular weight excluding hydrogens is 1120 g/mol. The SMILES string of the molecule is C=C(C)[C@@H]1CC[C@]2(C(=O)O[C@@H]3C[C@H](CO[C@@H]4O[C@H](CO)[C@@H](O[C@@H]5O[C@@H](C)[C@H](O)[C@@H](O)[C@H]5O)[C@H](O)[C@H]4O)[C@@H](O)[C@H](O)[C@H]3O)CC[C@]3(C)[C@@H](CC[C@@H]4[C@]5(C)CC[C@@H](O[C@@H]6OC[C@H](O)[C@H](O)[C@H]6O[C@@H]6O[C@@H](C)[C@H](O)[C@@H](O)[C@H]6O)[C@@](C)(CC)[C@H]5CC[C@]43C)[C@@H]12. The molecule has 0 spiro atoms. The number of aliphatic hydroxyl groups excluding tert-OH is 14. The van der Waals surface area contributed by atoms with Gasteiger partial charge in [0.15, 0.2) is 25.2 Å². The summed E-state index contributed by atoms with van der Waals surface area (Å²) in [5.41, 5.74) is -0.792. The highest BCUT2D eigenvalue weighted by molar-refractivity contribution is 5.78. The van der Waals surface area contributed by atoms with Gasteiger partial charge in [-0.15, -0.1) is 0 Å². The predicted octanol–water partition coefficient (Wildman–Crippen LogP) is -0.607. The van der Waals surface area contributed by atoms with Crippen molar-refractivity contribution in [2.75, 3.05) is 19.8 Å². The zero-order valence-corrected chi connectivity index (χ0v) is 50.5. The van der Waals surface area contributed by atoms with Crippen molar-refractivity contribution in [2.45, 2.75) is 280 Å². The van der Waals surface area contributed by atoms with E-state index in [1.165, 1.54) is 13.8 Å². The molecule has 0 radical (unpaired) electrons. The molecule has 0 aromatic heterocycles. The first-order valence-electron chi connectivity index (χ1n) is 31.4. The topological polar surface area (TPSA) is 383 Å². The summed E-state index contributed by atoms with van der Waals surface area (Å²) in [6.45, 7) is 19.9. The van der Waals surface area contributed by atoms with Crippen LogP contribution in [0.4, 0.5) is 0 Å². The Hall–Kier alpha value is -1.67. The second-order valence-electron chi connectivity index (χ2n) is 28.6. The monoisotopic (exact) mass is 1220 g/mol. The van der Waals surface area contributed by atoms with E-state index in [1.54, 1.807) is 0 Å². The van der Waals surface area contributed by atoms with Crippen molar-refractivity contribution in [1.29, 1.82) is 0 Å². The van der Waals surface area contributed by atoms with E-state index in [9.17, 15) is 71.5 Å². The first-order valence-corrected chi connectivity index (χ1v) is 31.4. The van der Waals surface area contributed by atoms with Crippen molar-refractivity contribution in [3.05, 3.63) is 12.2 Å². The highest BCUT2D eigenvalue weighted by Gasteiger charge is 2.73. The molecule has 0 amide bonds. The Morgan fingerprint density at radius 2 is 1.20 bits per heavy atom. The van der Waals surface area contributed by atoms with Crippen molar-refractivity contribution in [2.24, 2.45) is 62.6 Å². The lowest BCUT2D eigenvalue weighted by atomic mass is 9.32. The third-order valence-electron chi connectivity index (χ3n) is 24.6. The normalized spacial score (nSPS) is 56.3. The molecule has 24 heteroatoms. The van der Waals surface area contributed by atoms with Gasteiger partial charge in [0.25, 0.3) is 0 Å². The lowest BCUT2D eigenvalue weighted by Gasteiger charge is -2.73. The van der Waals surface area contributed by atoms with Gasteiger partial charge in [-0.05, 0) is 149 Å². The fraction of sp³-hybridized carbons (Fsp3) is 0.951. The Labute approximate surface area is 497 Å². The molecule has 0 aromatic rings. The second kappa shape index (κ2) is 24.8. The summed E-state index contributed by atoms with van der Waals surface area (Å²) in [7, 11) is 0. The van der Waals surface area contributed by atoms with E-state index in [4.69, 9.17) is 42.6 Å². The molecular formula is C61H100O24. The van der Waals surface area contributed by atoms with Crippen LogP contribution in [0.5, 0.6) is 0 Å². The molecule has 10 fully saturated rings. The van der Waals surface area contributed by atoms with Gasteiger partial charge in [0.05, 0.1) is 49.7 Å². The molecule has 4 saturated heterocycles. The molecule has 10 aliphatic rings. The van der Waals surface area contributed by atoms with Crippen LogP contribution in [0, 0.1) is 62.6 Å². The lowest BCUT2D eigenvalue weighted by Crippen LogP contribution is -2.68. The maximum absolute atomic E-state index is 15.3. The van der Waals surface area contributed by atoms with Crippen LogP contribution in [0.1, 0.15) is 132 Å². The Kier molecular flexibility index (Phi) is 19.3. The predicted molar refractivity (Wildman–Crippen MR) is 294 cm³/mol. The average molecular weight is 1220 g/mol. The van der Waals surface area contributed by atoms with Gasteiger partial charge in [0, 0.05) is 5.92 Å². The van der Waals surface area contributed by atoms with Crippen LogP contribution in [0.25, 0.3) is 0 Å². The third kappa shape index (κ3) is 10.9. The quantitative estimate of drug-likeness (QED) is 0.0586. The number of hydrogen-bond donors (Lipinski definition) is 14. The highest BCUT2D eigenvalue weighted by atomic mass is 16.8. The molecule has 4 heterocycles. The van der Waals surface area contributed by atoms with Gasteiger partial charge in [-0.1, -0.05) is 46.8 Å². The molecule has 0 unspecified atom stereocenters. The van der Waals surface area contributed by atoms with Crippen LogP contribution in [-0.2, 0) is 47.4 Å². The molecule has 24 nitrogen and oxygen atoms in total. The zero-order chi connectivity index (χ0) is 61.9. The standard InChI is InChI=1S/C61H100O24/c1-10-57(6)34-14-17-60(9)35(58(34,7)16-15-36(57)83-55-51(41(67)31(63)24-78-55)85-54-48(74)44(70)39(65)27(5)80-54)12-11-30-37-29(25(2)3)13-18-61(37,20-19-59(30,60)8)56(76)82-32-21-28(40(66)45(71)42(32)68)23-77-52-49(75)46(72)50(33(22-62)81-52)84-53-47(73)43(69)38(64)26(4)79-53/h26-55,62-75H,2,10-24H2,1,3-9H3/t26-,27-,28+,29-,30-,31-,32+,33+,34+,35+,36+,37+,38-,39-,40+,41-,42-,43+,44+,45-,46+,47+,48+,49+,50+,51+,52+,53-,54-,55-,57-,58+,59+,60+,61-/m0/s1. The summed E-state index contributed by atoms with van der Waals surface area (Å²) in [5.74, 6) is -0.935. The molecule has 10 rings (SSSR count). The first kappa shape index (κ1) is 66.3. The van der Waals surface area contributed by atoms with Gasteiger partial charge in [-0.2, -0.15) is 0 Å². The van der Waals surface area contributed by atoms with E-state index in [0.717, 1.165) is 56.9 Å². The zero-order valence-electron chi connectivity index (χ0n) is 50.5. The van der Waals surface area contributed by atoms with Crippen molar-refractivity contribution < 1.29 is 119 Å². The van der Waals surface area contributed by atoms with Gasteiger partial charge >= 0.3 is 5.97 Å². The van der Waals surface area contributed by atoms with E-state index in [-0.39, 0.29) is 64.5 Å². The van der Waals surface area contributed by atoms with Crippen LogP contribution >= 0.6 is 0 Å². The number of allylic oxidation sites excluding steroid dienone is 1. The summed E-state index contributed by atoms with van der Waals surface area (Å²) in [4.78, 5) is 15.3. The van der Waals surface area contributed by atoms with E-state index in [0.29, 0.717) is 25.2 Å². The fourth-order valence-corrected chi connectivity index (χ4v) is 19.1. The summed E-state index contributed by atoms with van der Waals surface area (Å²) in [6.07, 6.45) is -26.0. The number of aliphatic hydroxyl groups is 14. The second-order valence-corrected chi connectivity index (χ2v) is 28.6. The van der Waals surface area contributed by atoms with E-state index in [1.807, 2.05) is 6.92 Å². The van der Waals surface area contributed by atoms with E-state index >= 15 is 4.79 Å². The van der Waals surface area contributed by atoms with Gasteiger partial charge < -0.3 is 114 Å². The van der Waals surface area contributed by atoms with Gasteiger partial charge in [-0.3, -0.25) is 4.79 Å². The average Bonchev–Trinajstić information content (AvgIpc) is 1.62. The van der Waals surface area contributed by atoms with Gasteiger partial charge in [-0.25, -0.2) is 0 Å². The number of rotatable bonds is 14. The molecule has 488 valence electrons. The number of carbonyl (C=O) groups is 1. The summed E-state index contributed by atoms with van der Waals surface area (Å²) >= 11 is 0. The number of carbonyl (C=O) groups excluding carboxylic acids is 1. The number of hydrogen-bond acceptors (Lipinski definition) is 24. The van der Waals surface area contributed by atoms with Gasteiger partial charge in [0.2, 0.25) is 0 Å². The van der Waals surface area contributed by atoms with Crippen LogP contribution < -0.4 is 0 Å². The van der Waals surface area contributed by atoms with Crippen LogP contribution in [0.2, 0.25) is 0 Å². The Morgan fingerprint density at radius 3 is 1.81 bits per heavy atom. The summed E-state index contributed by atoms with van der Waals surface area (Å²) in [6, 6.07) is 0. The van der Waals surface area contributed by atoms with Crippen LogP contribution in [0.3, 0.4) is 0 Å². The minimum absolute atomic E-state index is 0.0147. The summed E-state index contributed by atoms with van der Waals surface area (Å²) < 4.78 is 54.3. The molecule has 35 atom stereocenters. The maximum Gasteiger partial charge on any atom is 0.312 e. The fourth-order valence-electron chi connectivity index (χ4n) is 19.1. The van der Waals surface area contributed by atoms with Crippen molar-refractivity contribution in [3.63, 3.8) is 0 Å². The van der Waals surface area contributed by atoms with Crippen molar-refractivity contribution >= 4 is 5.97 Å². The minimum atomic E-state index is -1.82. The van der Waals surface area contributed by atoms with Crippen LogP contribution in [-0.4, -0.2) is 245 Å². The first-order chi connectivity index (χ1) is 39.9. The molecule has 85 heavy (non-hydrogen) atoms. The molecule has 6 saturated carbocycles. The molecule has 14 N–H and O–H groups in total. The highest BCUT2D eigenvalue weighted by Crippen LogP contribution is 2.78. The Bertz CT molecular complexity index is 2340.